The molecule has 0 saturated carbocycles. The van der Waals surface area contributed by atoms with Crippen LogP contribution in [0.5, 0.6) is 0 Å². The molecule has 1 aromatic rings. The fourth-order valence-electron chi connectivity index (χ4n) is 0.933. The molecule has 0 bridgehead atoms. The monoisotopic (exact) mass is 201 g/mol. The van der Waals surface area contributed by atoms with E-state index in [9.17, 15) is 0 Å². The molecule has 0 fully saturated rings. The van der Waals surface area contributed by atoms with Crippen LogP contribution in [0.1, 0.15) is 18.9 Å². The second-order valence-electron chi connectivity index (χ2n) is 2.49. The zero-order valence-electron chi connectivity index (χ0n) is 7.55. The zero-order valence-corrected chi connectivity index (χ0v) is 8.45. The molecule has 0 spiro atoms. The smallest absolute Gasteiger partial charge is 0.134 e. The molecule has 13 heavy (non-hydrogen) atoms. The summed E-state index contributed by atoms with van der Waals surface area (Å²) in [5.41, 5.74) is 1.44. The van der Waals surface area contributed by atoms with Crippen molar-refractivity contribution in [3.63, 3.8) is 0 Å². The highest BCUT2D eigenvalue weighted by atomic mass is 31.1. The predicted octanol–water partition coefficient (Wildman–Crippen LogP) is 2.27. The van der Waals surface area contributed by atoms with Gasteiger partial charge in [-0.1, -0.05) is 43.7 Å². The van der Waals surface area contributed by atoms with Crippen molar-refractivity contribution in [2.24, 2.45) is 0 Å². The third kappa shape index (κ3) is 9.15. The average molecular weight is 201 g/mol. The van der Waals surface area contributed by atoms with E-state index < -0.39 is 8.25 Å². The normalized spacial score (nSPS) is 8.54. The molecule has 0 heterocycles. The summed E-state index contributed by atoms with van der Waals surface area (Å²) in [4.78, 5) is 14.2. The van der Waals surface area contributed by atoms with Gasteiger partial charge in [0.2, 0.25) is 0 Å². The largest absolute Gasteiger partial charge is 0.692 e. The average Bonchev–Trinajstić information content (AvgIpc) is 2.06. The molecule has 0 aromatic heterocycles. The van der Waals surface area contributed by atoms with Crippen molar-refractivity contribution in [2.45, 2.75) is 19.8 Å². The third-order valence-electron chi connectivity index (χ3n) is 1.38. The summed E-state index contributed by atoms with van der Waals surface area (Å²) in [6.07, 6.45) is 2.45. The Kier molecular flexibility index (Phi) is 7.41. The van der Waals surface area contributed by atoms with Gasteiger partial charge in [-0.2, -0.15) is 0 Å². The lowest BCUT2D eigenvalue weighted by Gasteiger charge is -1.93. The Hall–Kier alpha value is -0.760. The van der Waals surface area contributed by atoms with E-state index in [-0.39, 0.29) is 0 Å². The van der Waals surface area contributed by atoms with Gasteiger partial charge < -0.3 is 0 Å². The molecule has 1 rings (SSSR count). The SMILES string of the molecule is CCCc1ccccc1.O=[P+](O)O. The van der Waals surface area contributed by atoms with E-state index in [2.05, 4.69) is 37.3 Å². The van der Waals surface area contributed by atoms with Crippen LogP contribution >= 0.6 is 8.25 Å². The van der Waals surface area contributed by atoms with E-state index in [0.717, 1.165) is 0 Å². The van der Waals surface area contributed by atoms with Gasteiger partial charge in [0.1, 0.15) is 0 Å². The van der Waals surface area contributed by atoms with Crippen LogP contribution in [0.4, 0.5) is 0 Å². The summed E-state index contributed by atoms with van der Waals surface area (Å²) in [5, 5.41) is 0. The standard InChI is InChI=1S/C9H12.HO3P/c1-2-6-9-7-4-3-5-8-9;1-4(2)3/h3-5,7-8H,2,6H2,1H3;(H-,1,2,3)/p+1. The van der Waals surface area contributed by atoms with Crippen molar-refractivity contribution in [2.75, 3.05) is 0 Å². The van der Waals surface area contributed by atoms with E-state index in [0.29, 0.717) is 0 Å². The van der Waals surface area contributed by atoms with Crippen LogP contribution in [0.2, 0.25) is 0 Å². The molecular formula is C9H14O3P+. The number of benzene rings is 1. The number of hydrogen-bond acceptors (Lipinski definition) is 1. The Balaban J connectivity index is 0.000000310. The van der Waals surface area contributed by atoms with Gasteiger partial charge in [-0.05, 0) is 12.0 Å². The molecule has 0 aliphatic rings. The molecule has 0 aliphatic heterocycles. The molecule has 0 saturated heterocycles. The topological polar surface area (TPSA) is 57.5 Å². The molecule has 1 aromatic carbocycles. The molecule has 0 atom stereocenters. The molecule has 0 radical (unpaired) electrons. The highest BCUT2D eigenvalue weighted by Gasteiger charge is 1.93. The van der Waals surface area contributed by atoms with Crippen LogP contribution in [0.3, 0.4) is 0 Å². The van der Waals surface area contributed by atoms with E-state index >= 15 is 0 Å². The molecule has 72 valence electrons. The number of hydrogen-bond donors (Lipinski definition) is 2. The first-order chi connectivity index (χ1) is 6.16. The second kappa shape index (κ2) is 7.87. The molecule has 0 aliphatic carbocycles. The summed E-state index contributed by atoms with van der Waals surface area (Å²) in [6, 6.07) is 10.6. The lowest BCUT2D eigenvalue weighted by Crippen LogP contribution is -1.78. The van der Waals surface area contributed by atoms with Crippen molar-refractivity contribution in [3.8, 4) is 0 Å². The molecule has 3 nitrogen and oxygen atoms in total. The van der Waals surface area contributed by atoms with Gasteiger partial charge >= 0.3 is 8.25 Å². The van der Waals surface area contributed by atoms with E-state index in [4.69, 9.17) is 14.4 Å². The van der Waals surface area contributed by atoms with Gasteiger partial charge in [-0.15, -0.1) is 9.79 Å². The predicted molar refractivity (Wildman–Crippen MR) is 52.5 cm³/mol. The van der Waals surface area contributed by atoms with Crippen molar-refractivity contribution in [1.29, 1.82) is 0 Å². The van der Waals surface area contributed by atoms with E-state index in [1.807, 2.05) is 0 Å². The second-order valence-corrected chi connectivity index (χ2v) is 2.99. The summed E-state index contributed by atoms with van der Waals surface area (Å²) in [7, 11) is -2.87. The highest BCUT2D eigenvalue weighted by Crippen LogP contribution is 2.00. The Bertz CT molecular complexity index is 232. The number of rotatable bonds is 2. The van der Waals surface area contributed by atoms with Crippen LogP contribution in [0.15, 0.2) is 30.3 Å². The van der Waals surface area contributed by atoms with Crippen molar-refractivity contribution in [3.05, 3.63) is 35.9 Å². The zero-order chi connectivity index (χ0) is 10.1. The Morgan fingerprint density at radius 3 is 2.08 bits per heavy atom. The summed E-state index contributed by atoms with van der Waals surface area (Å²) >= 11 is 0. The lowest BCUT2D eigenvalue weighted by molar-refractivity contribution is 0.405. The quantitative estimate of drug-likeness (QED) is 0.721. The van der Waals surface area contributed by atoms with Crippen LogP contribution in [0.25, 0.3) is 0 Å². The maximum atomic E-state index is 8.70. The van der Waals surface area contributed by atoms with Gasteiger partial charge in [0, 0.05) is 4.57 Å². The highest BCUT2D eigenvalue weighted by molar-refractivity contribution is 7.30. The van der Waals surface area contributed by atoms with Gasteiger partial charge in [0.05, 0.1) is 0 Å². The molecular weight excluding hydrogens is 187 g/mol. The first kappa shape index (κ1) is 12.2. The number of aryl methyl sites for hydroxylation is 1. The molecule has 0 unspecified atom stereocenters. The van der Waals surface area contributed by atoms with E-state index in [1.54, 1.807) is 0 Å². The summed E-state index contributed by atoms with van der Waals surface area (Å²) in [5.74, 6) is 0. The lowest BCUT2D eigenvalue weighted by atomic mass is 10.1. The Morgan fingerprint density at radius 2 is 1.69 bits per heavy atom. The Morgan fingerprint density at radius 1 is 1.23 bits per heavy atom. The fraction of sp³-hybridized carbons (Fsp3) is 0.333. The third-order valence-corrected chi connectivity index (χ3v) is 1.38. The van der Waals surface area contributed by atoms with Gasteiger partial charge in [0.25, 0.3) is 0 Å². The Labute approximate surface area is 79.0 Å². The summed E-state index contributed by atoms with van der Waals surface area (Å²) in [6.45, 7) is 2.20. The van der Waals surface area contributed by atoms with Crippen molar-refractivity contribution >= 4 is 8.25 Å². The maximum Gasteiger partial charge on any atom is 0.692 e. The van der Waals surface area contributed by atoms with Gasteiger partial charge in [-0.3, -0.25) is 0 Å². The minimum atomic E-state index is -2.87. The summed E-state index contributed by atoms with van der Waals surface area (Å²) < 4.78 is 8.70. The first-order valence-electron chi connectivity index (χ1n) is 4.05. The minimum absolute atomic E-state index is 1.21. The maximum absolute atomic E-state index is 8.70. The van der Waals surface area contributed by atoms with Crippen molar-refractivity contribution < 1.29 is 14.4 Å². The molecule has 0 amide bonds. The van der Waals surface area contributed by atoms with Gasteiger partial charge in [-0.25, -0.2) is 0 Å². The van der Waals surface area contributed by atoms with Crippen molar-refractivity contribution in [1.82, 2.24) is 0 Å². The van der Waals surface area contributed by atoms with Crippen LogP contribution < -0.4 is 0 Å². The van der Waals surface area contributed by atoms with Crippen LogP contribution in [0, 0.1) is 0 Å². The first-order valence-corrected chi connectivity index (χ1v) is 5.22. The van der Waals surface area contributed by atoms with E-state index in [1.165, 1.54) is 18.4 Å². The minimum Gasteiger partial charge on any atom is -0.134 e. The molecule has 4 heteroatoms. The molecule has 2 N–H and O–H groups in total. The van der Waals surface area contributed by atoms with Crippen LogP contribution in [-0.2, 0) is 11.0 Å². The van der Waals surface area contributed by atoms with Gasteiger partial charge in [0.15, 0.2) is 0 Å². The fourth-order valence-corrected chi connectivity index (χ4v) is 0.933. The van der Waals surface area contributed by atoms with Crippen LogP contribution in [-0.4, -0.2) is 9.79 Å².